The van der Waals surface area contributed by atoms with E-state index in [1.54, 1.807) is 0 Å². The van der Waals surface area contributed by atoms with E-state index < -0.39 is 0 Å². The van der Waals surface area contributed by atoms with Crippen molar-refractivity contribution in [2.75, 3.05) is 32.7 Å². The molecule has 1 saturated heterocycles. The van der Waals surface area contributed by atoms with E-state index in [1.807, 2.05) is 17.3 Å². The Balaban J connectivity index is 0.00000243. The van der Waals surface area contributed by atoms with Gasteiger partial charge in [-0.15, -0.1) is 12.4 Å². The van der Waals surface area contributed by atoms with Crippen molar-refractivity contribution < 1.29 is 4.79 Å². The highest BCUT2D eigenvalue weighted by Crippen LogP contribution is 2.55. The normalized spacial score (nSPS) is 20.8. The van der Waals surface area contributed by atoms with Gasteiger partial charge in [0, 0.05) is 38.1 Å². The molecule has 0 bridgehead atoms. The number of hydrogen-bond donors (Lipinski definition) is 1. The van der Waals surface area contributed by atoms with Crippen molar-refractivity contribution in [3.63, 3.8) is 0 Å². The molecular formula is C19H34ClN5O. The van der Waals surface area contributed by atoms with E-state index >= 15 is 0 Å². The van der Waals surface area contributed by atoms with Crippen LogP contribution in [0.2, 0.25) is 0 Å². The first kappa shape index (κ1) is 21.2. The number of amides is 1. The summed E-state index contributed by atoms with van der Waals surface area (Å²) >= 11 is 0. The maximum absolute atomic E-state index is 12.7. The molecule has 1 atom stereocenters. The number of likely N-dealkylation sites (N-methyl/N-ethyl adjacent to an activating group) is 1. The number of rotatable bonds is 8. The van der Waals surface area contributed by atoms with Gasteiger partial charge in [0.1, 0.15) is 5.82 Å². The number of carbonyl (C=O) groups is 1. The van der Waals surface area contributed by atoms with Crippen molar-refractivity contribution in [1.82, 2.24) is 24.7 Å². The third-order valence-electron chi connectivity index (χ3n) is 6.13. The Morgan fingerprint density at radius 1 is 1.31 bits per heavy atom. The van der Waals surface area contributed by atoms with E-state index in [-0.39, 0.29) is 18.3 Å². The van der Waals surface area contributed by atoms with Crippen LogP contribution in [0.15, 0.2) is 12.4 Å². The minimum atomic E-state index is 0. The molecule has 1 saturated carbocycles. The van der Waals surface area contributed by atoms with Gasteiger partial charge in [-0.1, -0.05) is 0 Å². The molecule has 1 aliphatic carbocycles. The van der Waals surface area contributed by atoms with Crippen LogP contribution >= 0.6 is 12.4 Å². The average molecular weight is 384 g/mol. The Hall–Kier alpha value is -1.11. The summed E-state index contributed by atoms with van der Waals surface area (Å²) in [5.74, 6) is 1.32. The van der Waals surface area contributed by atoms with E-state index in [0.29, 0.717) is 18.0 Å². The largest absolute Gasteiger partial charge is 0.342 e. The minimum absolute atomic E-state index is 0. The molecule has 0 radical (unpaired) electrons. The minimum Gasteiger partial charge on any atom is -0.342 e. The highest BCUT2D eigenvalue weighted by atomic mass is 35.5. The van der Waals surface area contributed by atoms with Gasteiger partial charge in [0.15, 0.2) is 0 Å². The number of carbonyl (C=O) groups excluding carboxylic acids is 1. The molecule has 1 unspecified atom stereocenters. The number of aryl methyl sites for hydroxylation is 1. The quantitative estimate of drug-likeness (QED) is 0.747. The molecule has 148 valence electrons. The van der Waals surface area contributed by atoms with Crippen LogP contribution in [-0.2, 0) is 17.9 Å². The van der Waals surface area contributed by atoms with Crippen LogP contribution in [0.1, 0.15) is 45.9 Å². The lowest BCUT2D eigenvalue weighted by atomic mass is 9.93. The Morgan fingerprint density at radius 2 is 2.00 bits per heavy atom. The summed E-state index contributed by atoms with van der Waals surface area (Å²) in [4.78, 5) is 21.6. The lowest BCUT2D eigenvalue weighted by Gasteiger charge is -2.30. The molecule has 2 fully saturated rings. The number of halogens is 1. The summed E-state index contributed by atoms with van der Waals surface area (Å²) in [5.41, 5.74) is 0.429. The number of aromatic nitrogens is 2. The van der Waals surface area contributed by atoms with Crippen molar-refractivity contribution >= 4 is 18.3 Å². The van der Waals surface area contributed by atoms with Crippen molar-refractivity contribution in [2.45, 2.75) is 59.2 Å². The average Bonchev–Trinajstić information content (AvgIpc) is 3.11. The predicted molar refractivity (Wildman–Crippen MR) is 106 cm³/mol. The molecule has 2 heterocycles. The van der Waals surface area contributed by atoms with Crippen LogP contribution in [-0.4, -0.2) is 64.0 Å². The van der Waals surface area contributed by atoms with Crippen LogP contribution in [0.4, 0.5) is 0 Å². The van der Waals surface area contributed by atoms with Gasteiger partial charge in [0.25, 0.3) is 0 Å². The van der Waals surface area contributed by atoms with Gasteiger partial charge in [0.2, 0.25) is 5.91 Å². The number of imidazole rings is 1. The fourth-order valence-electron chi connectivity index (χ4n) is 4.39. The standard InChI is InChI=1S/C19H33N5O.ClH/c1-4-22(5-2)18(25)15-24(14-17-21-11-12-23(17)6-3)16-13-19(16)7-9-20-10-8-19;/h11-12,16,20H,4-10,13-15H2,1-3H3;1H. The van der Waals surface area contributed by atoms with E-state index in [2.05, 4.69) is 40.5 Å². The zero-order valence-electron chi connectivity index (χ0n) is 16.4. The number of piperidine rings is 1. The molecule has 1 spiro atoms. The summed E-state index contributed by atoms with van der Waals surface area (Å²) in [6.45, 7) is 12.2. The summed E-state index contributed by atoms with van der Waals surface area (Å²) in [7, 11) is 0. The third-order valence-corrected chi connectivity index (χ3v) is 6.13. The Kier molecular flexibility index (Phi) is 7.50. The first-order chi connectivity index (χ1) is 12.1. The maximum atomic E-state index is 12.7. The molecule has 7 heteroatoms. The molecule has 1 aliphatic heterocycles. The lowest BCUT2D eigenvalue weighted by molar-refractivity contribution is -0.132. The van der Waals surface area contributed by atoms with E-state index in [4.69, 9.17) is 0 Å². The molecule has 1 aromatic heterocycles. The molecular weight excluding hydrogens is 350 g/mol. The van der Waals surface area contributed by atoms with Gasteiger partial charge < -0.3 is 14.8 Å². The molecule has 2 aliphatic rings. The highest BCUT2D eigenvalue weighted by Gasteiger charge is 2.56. The fourth-order valence-corrected chi connectivity index (χ4v) is 4.39. The van der Waals surface area contributed by atoms with Crippen molar-refractivity contribution in [2.24, 2.45) is 5.41 Å². The number of nitrogens with zero attached hydrogens (tertiary/aromatic N) is 4. The SMILES string of the molecule is CCN(CC)C(=O)CN(Cc1nccn1CC)C1CC12CCNCC2.Cl. The van der Waals surface area contributed by atoms with E-state index in [1.165, 1.54) is 19.3 Å². The lowest BCUT2D eigenvalue weighted by Crippen LogP contribution is -2.43. The Morgan fingerprint density at radius 3 is 2.62 bits per heavy atom. The molecule has 1 amide bonds. The topological polar surface area (TPSA) is 53.4 Å². The molecule has 26 heavy (non-hydrogen) atoms. The zero-order chi connectivity index (χ0) is 17.9. The Bertz CT molecular complexity index is 580. The van der Waals surface area contributed by atoms with Crippen LogP contribution in [0.25, 0.3) is 0 Å². The number of nitrogens with one attached hydrogen (secondary N) is 1. The van der Waals surface area contributed by atoms with Gasteiger partial charge in [-0.05, 0) is 58.5 Å². The summed E-state index contributed by atoms with van der Waals surface area (Å²) in [6.07, 6.45) is 7.60. The number of hydrogen-bond acceptors (Lipinski definition) is 4. The van der Waals surface area contributed by atoms with E-state index in [9.17, 15) is 4.79 Å². The van der Waals surface area contributed by atoms with Gasteiger partial charge in [0.05, 0.1) is 13.1 Å². The van der Waals surface area contributed by atoms with Gasteiger partial charge in [-0.2, -0.15) is 0 Å². The monoisotopic (exact) mass is 383 g/mol. The summed E-state index contributed by atoms with van der Waals surface area (Å²) in [5, 5.41) is 3.47. The van der Waals surface area contributed by atoms with Crippen molar-refractivity contribution in [1.29, 1.82) is 0 Å². The second kappa shape index (κ2) is 9.20. The second-order valence-corrected chi connectivity index (χ2v) is 7.43. The van der Waals surface area contributed by atoms with Crippen LogP contribution in [0.5, 0.6) is 0 Å². The molecule has 6 nitrogen and oxygen atoms in total. The third kappa shape index (κ3) is 4.41. The van der Waals surface area contributed by atoms with Crippen LogP contribution < -0.4 is 5.32 Å². The highest BCUT2D eigenvalue weighted by molar-refractivity contribution is 5.85. The molecule has 1 aromatic rings. The van der Waals surface area contributed by atoms with Gasteiger partial charge in [-0.25, -0.2) is 4.98 Å². The first-order valence-corrected chi connectivity index (χ1v) is 9.86. The summed E-state index contributed by atoms with van der Waals surface area (Å²) in [6, 6.07) is 0.524. The predicted octanol–water partition coefficient (Wildman–Crippen LogP) is 2.14. The summed E-state index contributed by atoms with van der Waals surface area (Å²) < 4.78 is 2.19. The van der Waals surface area contributed by atoms with Crippen LogP contribution in [0.3, 0.4) is 0 Å². The molecule has 0 aromatic carbocycles. The zero-order valence-corrected chi connectivity index (χ0v) is 17.2. The van der Waals surface area contributed by atoms with E-state index in [0.717, 1.165) is 45.1 Å². The second-order valence-electron chi connectivity index (χ2n) is 7.43. The molecule has 1 N–H and O–H groups in total. The fraction of sp³-hybridized carbons (Fsp3) is 0.789. The Labute approximate surface area is 163 Å². The van der Waals surface area contributed by atoms with Crippen molar-refractivity contribution in [3.05, 3.63) is 18.2 Å². The van der Waals surface area contributed by atoms with Gasteiger partial charge in [-0.3, -0.25) is 9.69 Å². The molecule has 3 rings (SSSR count). The smallest absolute Gasteiger partial charge is 0.236 e. The van der Waals surface area contributed by atoms with Gasteiger partial charge >= 0.3 is 0 Å². The maximum Gasteiger partial charge on any atom is 0.236 e. The van der Waals surface area contributed by atoms with Crippen LogP contribution in [0, 0.1) is 5.41 Å². The van der Waals surface area contributed by atoms with Crippen molar-refractivity contribution in [3.8, 4) is 0 Å². The first-order valence-electron chi connectivity index (χ1n) is 9.86.